The molecule has 4 aromatic rings. The number of aromatic nitrogens is 3. The molecule has 1 heterocycles. The van der Waals surface area contributed by atoms with Crippen LogP contribution >= 0.6 is 0 Å². The van der Waals surface area contributed by atoms with Gasteiger partial charge in [0.25, 0.3) is 0 Å². The summed E-state index contributed by atoms with van der Waals surface area (Å²) in [6, 6.07) is 25.8. The van der Waals surface area contributed by atoms with E-state index in [0.717, 1.165) is 28.9 Å². The van der Waals surface area contributed by atoms with Gasteiger partial charge in [-0.2, -0.15) is 4.98 Å². The summed E-state index contributed by atoms with van der Waals surface area (Å²) in [7, 11) is 1.55. The number of anilines is 1. The van der Waals surface area contributed by atoms with E-state index in [1.165, 1.54) is 5.56 Å². The van der Waals surface area contributed by atoms with Gasteiger partial charge in [0.2, 0.25) is 5.91 Å². The first kappa shape index (κ1) is 21.3. The van der Waals surface area contributed by atoms with Crippen LogP contribution in [0, 0.1) is 6.92 Å². The zero-order valence-electron chi connectivity index (χ0n) is 18.4. The number of rotatable bonds is 7. The van der Waals surface area contributed by atoms with Gasteiger partial charge in [0.05, 0.1) is 18.7 Å². The molecular weight excluding hydrogens is 400 g/mol. The van der Waals surface area contributed by atoms with Crippen molar-refractivity contribution in [3.63, 3.8) is 0 Å². The highest BCUT2D eigenvalue weighted by Gasteiger charge is 2.19. The third-order valence-electron chi connectivity index (χ3n) is 5.39. The smallest absolute Gasteiger partial charge is 0.336 e. The maximum absolute atomic E-state index is 12.9. The molecule has 4 rings (SSSR count). The van der Waals surface area contributed by atoms with Crippen molar-refractivity contribution in [2.24, 2.45) is 0 Å². The van der Waals surface area contributed by atoms with Crippen LogP contribution in [-0.2, 0) is 4.79 Å². The topological polar surface area (TPSA) is 69.0 Å². The maximum atomic E-state index is 12.9. The Bertz CT molecular complexity index is 1180. The highest BCUT2D eigenvalue weighted by Crippen LogP contribution is 2.26. The lowest BCUT2D eigenvalue weighted by Crippen LogP contribution is -2.20. The maximum Gasteiger partial charge on any atom is 0.336 e. The zero-order valence-corrected chi connectivity index (χ0v) is 18.4. The molecule has 3 aromatic carbocycles. The molecule has 0 bridgehead atoms. The Hall–Kier alpha value is -3.93. The summed E-state index contributed by atoms with van der Waals surface area (Å²) in [5.41, 5.74) is 4.69. The number of amides is 1. The average Bonchev–Trinajstić information content (AvgIpc) is 3.26. The van der Waals surface area contributed by atoms with Gasteiger partial charge >= 0.3 is 6.01 Å². The molecule has 1 atom stereocenters. The third kappa shape index (κ3) is 4.54. The molecule has 0 unspecified atom stereocenters. The Balaban J connectivity index is 1.57. The van der Waals surface area contributed by atoms with E-state index in [1.807, 2.05) is 92.7 Å². The van der Waals surface area contributed by atoms with Crippen molar-refractivity contribution in [2.75, 3.05) is 12.4 Å². The highest BCUT2D eigenvalue weighted by molar-refractivity contribution is 5.95. The molecule has 0 aliphatic rings. The molecule has 0 saturated heterocycles. The number of aryl methyl sites for hydroxylation is 1. The lowest BCUT2D eigenvalue weighted by molar-refractivity contribution is -0.117. The summed E-state index contributed by atoms with van der Waals surface area (Å²) in [5, 5.41) is 7.50. The van der Waals surface area contributed by atoms with E-state index in [2.05, 4.69) is 15.4 Å². The number of hydrogen-bond acceptors (Lipinski definition) is 4. The predicted molar refractivity (Wildman–Crippen MR) is 126 cm³/mol. The molecule has 0 spiro atoms. The Morgan fingerprint density at radius 3 is 2.31 bits per heavy atom. The van der Waals surface area contributed by atoms with Crippen molar-refractivity contribution in [2.45, 2.75) is 26.2 Å². The van der Waals surface area contributed by atoms with Gasteiger partial charge in [0.1, 0.15) is 0 Å². The van der Waals surface area contributed by atoms with Crippen LogP contribution in [-0.4, -0.2) is 27.8 Å². The lowest BCUT2D eigenvalue weighted by Gasteiger charge is -2.15. The number of carbonyl (C=O) groups excluding carboxylic acids is 1. The molecule has 1 amide bonds. The molecule has 1 N–H and O–H groups in total. The molecule has 0 aliphatic heterocycles. The van der Waals surface area contributed by atoms with E-state index >= 15 is 0 Å². The predicted octanol–water partition coefficient (Wildman–Crippen LogP) is 5.38. The van der Waals surface area contributed by atoms with Gasteiger partial charge in [0.15, 0.2) is 5.82 Å². The van der Waals surface area contributed by atoms with Crippen molar-refractivity contribution in [1.82, 2.24) is 14.8 Å². The van der Waals surface area contributed by atoms with Crippen LogP contribution in [0.1, 0.15) is 30.4 Å². The van der Waals surface area contributed by atoms with Gasteiger partial charge in [-0.1, -0.05) is 67.1 Å². The minimum absolute atomic E-state index is 0.0192. The van der Waals surface area contributed by atoms with Crippen LogP contribution in [0.25, 0.3) is 17.1 Å². The van der Waals surface area contributed by atoms with Gasteiger partial charge in [-0.15, -0.1) is 5.10 Å². The van der Waals surface area contributed by atoms with Gasteiger partial charge in [0, 0.05) is 11.3 Å². The largest absolute Gasteiger partial charge is 0.466 e. The van der Waals surface area contributed by atoms with Crippen LogP contribution in [0.2, 0.25) is 0 Å². The first-order valence-corrected chi connectivity index (χ1v) is 10.6. The fraction of sp³-hybridized carbons (Fsp3) is 0.192. The Morgan fingerprint density at radius 1 is 1.00 bits per heavy atom. The zero-order chi connectivity index (χ0) is 22.5. The van der Waals surface area contributed by atoms with E-state index in [1.54, 1.807) is 11.8 Å². The van der Waals surface area contributed by atoms with Gasteiger partial charge in [-0.3, -0.25) is 4.79 Å². The van der Waals surface area contributed by atoms with E-state index in [9.17, 15) is 4.79 Å². The SMILES string of the molecule is CC[C@H](C(=O)Nc1ccc(-n2nc(OC)nc2-c2ccc(C)cc2)cc1)c1ccccc1. The molecule has 0 fully saturated rings. The number of hydrogen-bond donors (Lipinski definition) is 1. The standard InChI is InChI=1S/C26H26N4O2/c1-4-23(19-8-6-5-7-9-19)25(31)27-21-14-16-22(17-15-21)30-24(28-26(29-30)32-3)20-12-10-18(2)11-13-20/h5-17,23H,4H2,1-3H3,(H,27,31)/t23-/m0/s1. The van der Waals surface area contributed by atoms with Gasteiger partial charge in [-0.25, -0.2) is 4.68 Å². The van der Waals surface area contributed by atoms with Crippen LogP contribution in [0.15, 0.2) is 78.9 Å². The number of ether oxygens (including phenoxy) is 1. The summed E-state index contributed by atoms with van der Waals surface area (Å²) in [6.07, 6.45) is 0.729. The second-order valence-corrected chi connectivity index (χ2v) is 7.61. The molecule has 32 heavy (non-hydrogen) atoms. The van der Waals surface area contributed by atoms with Crippen LogP contribution < -0.4 is 10.1 Å². The van der Waals surface area contributed by atoms with Crippen LogP contribution in [0.5, 0.6) is 6.01 Å². The number of nitrogens with zero attached hydrogens (tertiary/aromatic N) is 3. The average molecular weight is 427 g/mol. The molecule has 1 aromatic heterocycles. The third-order valence-corrected chi connectivity index (χ3v) is 5.39. The second kappa shape index (κ2) is 9.47. The first-order chi connectivity index (χ1) is 15.6. The molecular formula is C26H26N4O2. The monoisotopic (exact) mass is 426 g/mol. The Labute approximate surface area is 187 Å². The summed E-state index contributed by atoms with van der Waals surface area (Å²) >= 11 is 0. The molecule has 6 heteroatoms. The van der Waals surface area contributed by atoms with Crippen LogP contribution in [0.3, 0.4) is 0 Å². The molecule has 162 valence electrons. The van der Waals surface area contributed by atoms with Crippen molar-refractivity contribution in [1.29, 1.82) is 0 Å². The number of methoxy groups -OCH3 is 1. The van der Waals surface area contributed by atoms with E-state index < -0.39 is 0 Å². The van der Waals surface area contributed by atoms with Gasteiger partial charge < -0.3 is 10.1 Å². The first-order valence-electron chi connectivity index (χ1n) is 10.6. The highest BCUT2D eigenvalue weighted by atomic mass is 16.5. The van der Waals surface area contributed by atoms with Crippen molar-refractivity contribution < 1.29 is 9.53 Å². The molecule has 0 radical (unpaired) electrons. The fourth-order valence-electron chi connectivity index (χ4n) is 3.62. The number of benzene rings is 3. The Morgan fingerprint density at radius 2 is 1.69 bits per heavy atom. The van der Waals surface area contributed by atoms with E-state index in [0.29, 0.717) is 11.8 Å². The molecule has 6 nitrogen and oxygen atoms in total. The quantitative estimate of drug-likeness (QED) is 0.431. The number of carbonyl (C=O) groups is 1. The number of nitrogens with one attached hydrogen (secondary N) is 1. The van der Waals surface area contributed by atoms with Crippen molar-refractivity contribution >= 4 is 11.6 Å². The van der Waals surface area contributed by atoms with E-state index in [-0.39, 0.29) is 11.8 Å². The summed E-state index contributed by atoms with van der Waals surface area (Å²) < 4.78 is 7.00. The molecule has 0 saturated carbocycles. The van der Waals surface area contributed by atoms with E-state index in [4.69, 9.17) is 4.74 Å². The summed E-state index contributed by atoms with van der Waals surface area (Å²) in [6.45, 7) is 4.06. The van der Waals surface area contributed by atoms with Gasteiger partial charge in [-0.05, 0) is 43.2 Å². The summed E-state index contributed by atoms with van der Waals surface area (Å²) in [4.78, 5) is 17.4. The normalized spacial score (nSPS) is 11.7. The fourth-order valence-corrected chi connectivity index (χ4v) is 3.62. The Kier molecular flexibility index (Phi) is 6.31. The molecule has 0 aliphatic carbocycles. The lowest BCUT2D eigenvalue weighted by atomic mass is 9.95. The van der Waals surface area contributed by atoms with Crippen molar-refractivity contribution in [3.8, 4) is 23.1 Å². The van der Waals surface area contributed by atoms with Crippen LogP contribution in [0.4, 0.5) is 5.69 Å². The summed E-state index contributed by atoms with van der Waals surface area (Å²) in [5.74, 6) is 0.478. The minimum atomic E-state index is -0.191. The second-order valence-electron chi connectivity index (χ2n) is 7.61. The minimum Gasteiger partial charge on any atom is -0.466 e. The van der Waals surface area contributed by atoms with Crippen molar-refractivity contribution in [3.05, 3.63) is 90.0 Å².